The number of benzene rings is 1. The van der Waals surface area contributed by atoms with Crippen molar-refractivity contribution in [2.75, 3.05) is 5.73 Å². The Labute approximate surface area is 120 Å². The molecule has 0 atom stereocenters. The summed E-state index contributed by atoms with van der Waals surface area (Å²) in [5, 5.41) is 3.67. The van der Waals surface area contributed by atoms with Crippen LogP contribution >= 0.6 is 0 Å². The fraction of sp³-hybridized carbons (Fsp3) is 0.250. The van der Waals surface area contributed by atoms with Crippen molar-refractivity contribution in [1.82, 2.24) is 9.88 Å². The summed E-state index contributed by atoms with van der Waals surface area (Å²) < 4.78 is 58.0. The van der Waals surface area contributed by atoms with Crippen LogP contribution in [-0.4, -0.2) is 13.6 Å². The SMILES string of the molecule is Cc1noc(C)c1CNS(=O)(=O)c1cc(N)cc(F)c1F. The van der Waals surface area contributed by atoms with E-state index in [0.29, 0.717) is 23.1 Å². The summed E-state index contributed by atoms with van der Waals surface area (Å²) in [6.07, 6.45) is 0. The van der Waals surface area contributed by atoms with Crippen LogP contribution in [0.4, 0.5) is 14.5 Å². The number of nitrogens with zero attached hydrogens (tertiary/aromatic N) is 1. The molecule has 0 unspecified atom stereocenters. The first kappa shape index (κ1) is 15.4. The van der Waals surface area contributed by atoms with E-state index in [2.05, 4.69) is 9.88 Å². The Morgan fingerprint density at radius 3 is 2.57 bits per heavy atom. The Morgan fingerprint density at radius 1 is 1.33 bits per heavy atom. The summed E-state index contributed by atoms with van der Waals surface area (Å²) in [6.45, 7) is 3.10. The molecule has 1 aromatic carbocycles. The minimum atomic E-state index is -4.26. The van der Waals surface area contributed by atoms with Crippen molar-refractivity contribution in [2.24, 2.45) is 0 Å². The Hall–Kier alpha value is -2.00. The average Bonchev–Trinajstić information content (AvgIpc) is 2.71. The van der Waals surface area contributed by atoms with E-state index < -0.39 is 26.6 Å². The van der Waals surface area contributed by atoms with E-state index in [1.807, 2.05) is 0 Å². The van der Waals surface area contributed by atoms with Crippen LogP contribution < -0.4 is 10.5 Å². The molecular weight excluding hydrogens is 304 g/mol. The first-order valence-electron chi connectivity index (χ1n) is 5.88. The standard InChI is InChI=1S/C12H13F2N3O3S/c1-6-9(7(2)20-17-6)5-16-21(18,19)11-4-8(15)3-10(13)12(11)14/h3-4,16H,5,15H2,1-2H3. The molecule has 0 aliphatic heterocycles. The topological polar surface area (TPSA) is 98.2 Å². The number of anilines is 1. The van der Waals surface area contributed by atoms with E-state index in [4.69, 9.17) is 10.3 Å². The lowest BCUT2D eigenvalue weighted by atomic mass is 10.2. The second-order valence-corrected chi connectivity index (χ2v) is 6.18. The maximum Gasteiger partial charge on any atom is 0.243 e. The molecule has 0 amide bonds. The Kier molecular flexibility index (Phi) is 3.97. The van der Waals surface area contributed by atoms with Crippen LogP contribution in [0, 0.1) is 25.5 Å². The number of nitrogens with two attached hydrogens (primary N) is 1. The zero-order valence-corrected chi connectivity index (χ0v) is 12.1. The molecule has 0 aliphatic carbocycles. The third-order valence-electron chi connectivity index (χ3n) is 2.93. The van der Waals surface area contributed by atoms with E-state index in [0.717, 1.165) is 6.07 Å². The molecule has 1 aromatic heterocycles. The third kappa shape index (κ3) is 3.03. The predicted molar refractivity (Wildman–Crippen MR) is 70.8 cm³/mol. The first-order valence-corrected chi connectivity index (χ1v) is 7.36. The highest BCUT2D eigenvalue weighted by molar-refractivity contribution is 7.89. The number of hydrogen-bond donors (Lipinski definition) is 2. The van der Waals surface area contributed by atoms with Gasteiger partial charge in [-0.05, 0) is 26.0 Å². The van der Waals surface area contributed by atoms with Gasteiger partial charge >= 0.3 is 0 Å². The summed E-state index contributed by atoms with van der Waals surface area (Å²) in [4.78, 5) is -0.841. The van der Waals surface area contributed by atoms with Gasteiger partial charge in [0.2, 0.25) is 10.0 Å². The first-order chi connectivity index (χ1) is 9.72. The van der Waals surface area contributed by atoms with E-state index in [9.17, 15) is 17.2 Å². The van der Waals surface area contributed by atoms with Gasteiger partial charge in [0, 0.05) is 17.8 Å². The van der Waals surface area contributed by atoms with Gasteiger partial charge in [0.05, 0.1) is 5.69 Å². The number of aryl methyl sites for hydroxylation is 2. The van der Waals surface area contributed by atoms with Crippen LogP contribution in [0.5, 0.6) is 0 Å². The van der Waals surface area contributed by atoms with Crippen LogP contribution in [0.15, 0.2) is 21.6 Å². The predicted octanol–water partition coefficient (Wildman–Crippen LogP) is 1.63. The van der Waals surface area contributed by atoms with Crippen LogP contribution in [0.25, 0.3) is 0 Å². The summed E-state index contributed by atoms with van der Waals surface area (Å²) in [7, 11) is -4.26. The Bertz CT molecular complexity index is 768. The third-order valence-corrected chi connectivity index (χ3v) is 4.33. The van der Waals surface area contributed by atoms with Gasteiger partial charge in [0.1, 0.15) is 10.7 Å². The van der Waals surface area contributed by atoms with Crippen molar-refractivity contribution in [2.45, 2.75) is 25.3 Å². The summed E-state index contributed by atoms with van der Waals surface area (Å²) in [6, 6.07) is 1.57. The van der Waals surface area contributed by atoms with Gasteiger partial charge in [-0.1, -0.05) is 5.16 Å². The van der Waals surface area contributed by atoms with Crippen LogP contribution in [-0.2, 0) is 16.6 Å². The second-order valence-electron chi connectivity index (χ2n) is 4.44. The number of nitrogens with one attached hydrogen (secondary N) is 1. The molecule has 0 radical (unpaired) electrons. The fourth-order valence-electron chi connectivity index (χ4n) is 1.78. The zero-order valence-electron chi connectivity index (χ0n) is 11.3. The summed E-state index contributed by atoms with van der Waals surface area (Å²) in [5.74, 6) is -2.36. The van der Waals surface area contributed by atoms with Crippen molar-refractivity contribution < 1.29 is 21.7 Å². The number of nitrogen functional groups attached to an aromatic ring is 1. The number of rotatable bonds is 4. The van der Waals surface area contributed by atoms with Gasteiger partial charge in [-0.15, -0.1) is 0 Å². The number of halogens is 2. The van der Waals surface area contributed by atoms with E-state index in [-0.39, 0.29) is 12.2 Å². The summed E-state index contributed by atoms with van der Waals surface area (Å²) in [5.41, 5.74) is 6.19. The largest absolute Gasteiger partial charge is 0.399 e. The summed E-state index contributed by atoms with van der Waals surface area (Å²) >= 11 is 0. The molecular formula is C12H13F2N3O3S. The van der Waals surface area contributed by atoms with Gasteiger partial charge in [-0.25, -0.2) is 21.9 Å². The molecule has 9 heteroatoms. The molecule has 0 bridgehead atoms. The molecule has 0 saturated heterocycles. The lowest BCUT2D eigenvalue weighted by Gasteiger charge is -2.09. The fourth-order valence-corrected chi connectivity index (χ4v) is 2.89. The average molecular weight is 317 g/mol. The minimum Gasteiger partial charge on any atom is -0.399 e. The molecule has 0 fully saturated rings. The van der Waals surface area contributed by atoms with Crippen LogP contribution in [0.1, 0.15) is 17.0 Å². The molecule has 0 spiro atoms. The lowest BCUT2D eigenvalue weighted by Crippen LogP contribution is -2.25. The quantitative estimate of drug-likeness (QED) is 0.835. The molecule has 3 N–H and O–H groups in total. The van der Waals surface area contributed by atoms with E-state index in [1.165, 1.54) is 0 Å². The number of sulfonamides is 1. The van der Waals surface area contributed by atoms with Crippen LogP contribution in [0.2, 0.25) is 0 Å². The Morgan fingerprint density at radius 2 is 2.00 bits per heavy atom. The van der Waals surface area contributed by atoms with Gasteiger partial charge in [0.25, 0.3) is 0 Å². The van der Waals surface area contributed by atoms with Crippen LogP contribution in [0.3, 0.4) is 0 Å². The minimum absolute atomic E-state index is 0.153. The van der Waals surface area contributed by atoms with E-state index >= 15 is 0 Å². The van der Waals surface area contributed by atoms with Crippen molar-refractivity contribution in [1.29, 1.82) is 0 Å². The monoisotopic (exact) mass is 317 g/mol. The van der Waals surface area contributed by atoms with Gasteiger partial charge in [-0.3, -0.25) is 0 Å². The normalized spacial score (nSPS) is 11.8. The van der Waals surface area contributed by atoms with Crippen molar-refractivity contribution in [3.63, 3.8) is 0 Å². The van der Waals surface area contributed by atoms with Gasteiger partial charge < -0.3 is 10.3 Å². The highest BCUT2D eigenvalue weighted by Gasteiger charge is 2.23. The number of hydrogen-bond acceptors (Lipinski definition) is 5. The molecule has 2 aromatic rings. The van der Waals surface area contributed by atoms with Crippen molar-refractivity contribution in [3.8, 4) is 0 Å². The van der Waals surface area contributed by atoms with Crippen molar-refractivity contribution in [3.05, 3.63) is 40.8 Å². The molecule has 0 aliphatic rings. The molecule has 0 saturated carbocycles. The van der Waals surface area contributed by atoms with Gasteiger partial charge in [-0.2, -0.15) is 0 Å². The molecule has 6 nitrogen and oxygen atoms in total. The highest BCUT2D eigenvalue weighted by Crippen LogP contribution is 2.21. The maximum absolute atomic E-state index is 13.6. The van der Waals surface area contributed by atoms with E-state index in [1.54, 1.807) is 13.8 Å². The molecule has 21 heavy (non-hydrogen) atoms. The molecule has 1 heterocycles. The molecule has 2 rings (SSSR count). The zero-order chi connectivity index (χ0) is 15.8. The highest BCUT2D eigenvalue weighted by atomic mass is 32.2. The Balaban J connectivity index is 2.32. The van der Waals surface area contributed by atoms with Crippen molar-refractivity contribution >= 4 is 15.7 Å². The smallest absolute Gasteiger partial charge is 0.243 e. The number of aromatic nitrogens is 1. The van der Waals surface area contributed by atoms with Gasteiger partial charge in [0.15, 0.2) is 11.6 Å². The molecule has 114 valence electrons. The lowest BCUT2D eigenvalue weighted by molar-refractivity contribution is 0.392. The maximum atomic E-state index is 13.6. The second kappa shape index (κ2) is 5.41.